The van der Waals surface area contributed by atoms with Crippen molar-refractivity contribution in [2.24, 2.45) is 11.8 Å². The van der Waals surface area contributed by atoms with E-state index in [2.05, 4.69) is 18.7 Å². The molecule has 0 aromatic heterocycles. The smallest absolute Gasteiger partial charge is 0.119 e. The molecular weight excluding hydrogens is 224 g/mol. The number of ether oxygens (including phenoxy) is 1. The summed E-state index contributed by atoms with van der Waals surface area (Å²) in [5.41, 5.74) is 6.41. The van der Waals surface area contributed by atoms with Crippen LogP contribution in [0, 0.1) is 11.8 Å². The van der Waals surface area contributed by atoms with Crippen LogP contribution in [0.4, 0.5) is 5.69 Å². The zero-order valence-corrected chi connectivity index (χ0v) is 11.4. The summed E-state index contributed by atoms with van der Waals surface area (Å²) in [6.07, 6.45) is 1.33. The zero-order chi connectivity index (χ0) is 13.0. The van der Waals surface area contributed by atoms with Crippen molar-refractivity contribution in [2.75, 3.05) is 32.0 Å². The average Bonchev–Trinajstić information content (AvgIpc) is 2.81. The van der Waals surface area contributed by atoms with Crippen LogP contribution in [0.5, 0.6) is 5.75 Å². The molecule has 0 spiro atoms. The second-order valence-corrected chi connectivity index (χ2v) is 5.51. The highest BCUT2D eigenvalue weighted by molar-refractivity contribution is 5.41. The molecule has 1 heterocycles. The fourth-order valence-corrected chi connectivity index (χ4v) is 2.47. The van der Waals surface area contributed by atoms with E-state index in [0.29, 0.717) is 0 Å². The summed E-state index contributed by atoms with van der Waals surface area (Å²) in [6.45, 7) is 8.86. The van der Waals surface area contributed by atoms with E-state index in [1.165, 1.54) is 19.5 Å². The molecule has 1 aliphatic heterocycles. The molecule has 1 aromatic rings. The number of nitrogens with two attached hydrogens (primary N) is 1. The van der Waals surface area contributed by atoms with Gasteiger partial charge in [0.25, 0.3) is 0 Å². The Morgan fingerprint density at radius 1 is 1.33 bits per heavy atom. The zero-order valence-electron chi connectivity index (χ0n) is 11.4. The Bertz CT molecular complexity index is 361. The lowest BCUT2D eigenvalue weighted by Crippen LogP contribution is -2.27. The van der Waals surface area contributed by atoms with Gasteiger partial charge in [0.1, 0.15) is 12.4 Å². The molecule has 1 unspecified atom stereocenters. The predicted octanol–water partition coefficient (Wildman–Crippen LogP) is 2.63. The molecule has 2 rings (SSSR count). The highest BCUT2D eigenvalue weighted by atomic mass is 16.5. The second-order valence-electron chi connectivity index (χ2n) is 5.51. The fourth-order valence-electron chi connectivity index (χ4n) is 2.47. The first-order valence-electron chi connectivity index (χ1n) is 6.86. The number of nitrogen functional groups attached to an aromatic ring is 1. The molecule has 0 bridgehead atoms. The Labute approximate surface area is 110 Å². The maximum Gasteiger partial charge on any atom is 0.119 e. The van der Waals surface area contributed by atoms with Gasteiger partial charge in [0.15, 0.2) is 0 Å². The minimum absolute atomic E-state index is 0.759. The molecule has 100 valence electrons. The highest BCUT2D eigenvalue weighted by Gasteiger charge is 2.24. The van der Waals surface area contributed by atoms with Gasteiger partial charge in [-0.2, -0.15) is 0 Å². The number of nitrogens with zero attached hydrogens (tertiary/aromatic N) is 1. The Morgan fingerprint density at radius 3 is 2.67 bits per heavy atom. The van der Waals surface area contributed by atoms with Crippen molar-refractivity contribution in [1.29, 1.82) is 0 Å². The van der Waals surface area contributed by atoms with Crippen molar-refractivity contribution in [3.05, 3.63) is 24.3 Å². The van der Waals surface area contributed by atoms with E-state index in [4.69, 9.17) is 10.5 Å². The van der Waals surface area contributed by atoms with Crippen LogP contribution in [0.2, 0.25) is 0 Å². The maximum atomic E-state index is 5.72. The first kappa shape index (κ1) is 13.2. The second kappa shape index (κ2) is 6.10. The van der Waals surface area contributed by atoms with Gasteiger partial charge in [-0.3, -0.25) is 4.90 Å². The fraction of sp³-hybridized carbons (Fsp3) is 0.600. The van der Waals surface area contributed by atoms with Crippen molar-refractivity contribution in [1.82, 2.24) is 4.90 Å². The van der Waals surface area contributed by atoms with Crippen molar-refractivity contribution in [2.45, 2.75) is 20.3 Å². The molecule has 0 aliphatic carbocycles. The van der Waals surface area contributed by atoms with Crippen molar-refractivity contribution >= 4 is 5.69 Å². The molecular formula is C15H24N2O. The van der Waals surface area contributed by atoms with Crippen molar-refractivity contribution in [3.8, 4) is 5.75 Å². The van der Waals surface area contributed by atoms with Crippen LogP contribution in [0.1, 0.15) is 20.3 Å². The number of hydrogen-bond donors (Lipinski definition) is 1. The lowest BCUT2D eigenvalue weighted by Gasteiger charge is -2.18. The van der Waals surface area contributed by atoms with Gasteiger partial charge in [0, 0.05) is 18.8 Å². The van der Waals surface area contributed by atoms with Gasteiger partial charge >= 0.3 is 0 Å². The normalized spacial score (nSPS) is 20.5. The molecule has 0 radical (unpaired) electrons. The van der Waals surface area contributed by atoms with Crippen LogP contribution in [0.15, 0.2) is 24.3 Å². The summed E-state index contributed by atoms with van der Waals surface area (Å²) < 4.78 is 5.72. The summed E-state index contributed by atoms with van der Waals surface area (Å²) in [7, 11) is 0. The number of anilines is 1. The minimum atomic E-state index is 0.759. The van der Waals surface area contributed by atoms with Gasteiger partial charge in [-0.05, 0) is 49.1 Å². The van der Waals surface area contributed by atoms with Crippen LogP contribution in [0.3, 0.4) is 0 Å². The third-order valence-electron chi connectivity index (χ3n) is 3.81. The van der Waals surface area contributed by atoms with E-state index in [9.17, 15) is 0 Å². The van der Waals surface area contributed by atoms with Crippen molar-refractivity contribution < 1.29 is 4.74 Å². The van der Waals surface area contributed by atoms with Gasteiger partial charge < -0.3 is 10.5 Å². The average molecular weight is 248 g/mol. The summed E-state index contributed by atoms with van der Waals surface area (Å²) in [5, 5.41) is 0. The Hall–Kier alpha value is -1.22. The first-order valence-corrected chi connectivity index (χ1v) is 6.86. The largest absolute Gasteiger partial charge is 0.492 e. The van der Waals surface area contributed by atoms with E-state index in [1.54, 1.807) is 0 Å². The monoisotopic (exact) mass is 248 g/mol. The standard InChI is InChI=1S/C15H24N2O/c1-12(2)13-7-8-17(11-13)9-10-18-15-5-3-14(16)4-6-15/h3-6,12-13H,7-11,16H2,1-2H3. The lowest BCUT2D eigenvalue weighted by atomic mass is 9.95. The van der Waals surface area contributed by atoms with E-state index >= 15 is 0 Å². The molecule has 3 nitrogen and oxygen atoms in total. The molecule has 1 aromatic carbocycles. The molecule has 3 heteroatoms. The topological polar surface area (TPSA) is 38.5 Å². The Balaban J connectivity index is 1.68. The van der Waals surface area contributed by atoms with E-state index in [1.807, 2.05) is 24.3 Å². The lowest BCUT2D eigenvalue weighted by molar-refractivity contribution is 0.227. The van der Waals surface area contributed by atoms with Crippen LogP contribution in [-0.2, 0) is 0 Å². The summed E-state index contributed by atoms with van der Waals surface area (Å²) in [4.78, 5) is 2.50. The first-order chi connectivity index (χ1) is 8.65. The number of hydrogen-bond acceptors (Lipinski definition) is 3. The van der Waals surface area contributed by atoms with Crippen molar-refractivity contribution in [3.63, 3.8) is 0 Å². The quantitative estimate of drug-likeness (QED) is 0.814. The van der Waals surface area contributed by atoms with E-state index in [-0.39, 0.29) is 0 Å². The minimum Gasteiger partial charge on any atom is -0.492 e. The van der Waals surface area contributed by atoms with Gasteiger partial charge in [0.05, 0.1) is 0 Å². The molecule has 1 fully saturated rings. The van der Waals surface area contributed by atoms with Crippen LogP contribution in [0.25, 0.3) is 0 Å². The molecule has 0 amide bonds. The molecule has 2 N–H and O–H groups in total. The van der Waals surface area contributed by atoms with Crippen LogP contribution in [-0.4, -0.2) is 31.1 Å². The van der Waals surface area contributed by atoms with E-state index in [0.717, 1.165) is 36.4 Å². The highest BCUT2D eigenvalue weighted by Crippen LogP contribution is 2.23. The van der Waals surface area contributed by atoms with Crippen LogP contribution < -0.4 is 10.5 Å². The summed E-state index contributed by atoms with van der Waals surface area (Å²) in [5.74, 6) is 2.57. The summed E-state index contributed by atoms with van der Waals surface area (Å²) in [6, 6.07) is 7.60. The van der Waals surface area contributed by atoms with E-state index < -0.39 is 0 Å². The number of rotatable bonds is 5. The number of benzene rings is 1. The maximum absolute atomic E-state index is 5.72. The summed E-state index contributed by atoms with van der Waals surface area (Å²) >= 11 is 0. The molecule has 18 heavy (non-hydrogen) atoms. The number of likely N-dealkylation sites (tertiary alicyclic amines) is 1. The molecule has 1 atom stereocenters. The third-order valence-corrected chi connectivity index (χ3v) is 3.81. The Kier molecular flexibility index (Phi) is 4.48. The molecule has 1 saturated heterocycles. The van der Waals surface area contributed by atoms with Crippen LogP contribution >= 0.6 is 0 Å². The van der Waals surface area contributed by atoms with Gasteiger partial charge in [0.2, 0.25) is 0 Å². The van der Waals surface area contributed by atoms with Gasteiger partial charge in [-0.1, -0.05) is 13.8 Å². The van der Waals surface area contributed by atoms with Gasteiger partial charge in [-0.25, -0.2) is 0 Å². The Morgan fingerprint density at radius 2 is 2.06 bits per heavy atom. The third kappa shape index (κ3) is 3.64. The van der Waals surface area contributed by atoms with Gasteiger partial charge in [-0.15, -0.1) is 0 Å². The predicted molar refractivity (Wildman–Crippen MR) is 75.7 cm³/mol. The molecule has 1 aliphatic rings. The SMILES string of the molecule is CC(C)C1CCN(CCOc2ccc(N)cc2)C1. The molecule has 0 saturated carbocycles.